The minimum atomic E-state index is -0.266. The average Bonchev–Trinajstić information content (AvgIpc) is 3.05. The van der Waals surface area contributed by atoms with Gasteiger partial charge in [-0.3, -0.25) is 14.6 Å². The van der Waals surface area contributed by atoms with Gasteiger partial charge in [0.05, 0.1) is 11.1 Å². The molecule has 0 unspecified atom stereocenters. The lowest BCUT2D eigenvalue weighted by molar-refractivity contribution is 0.0763. The van der Waals surface area contributed by atoms with Crippen molar-refractivity contribution in [3.8, 4) is 0 Å². The van der Waals surface area contributed by atoms with Gasteiger partial charge in [0.25, 0.3) is 11.8 Å². The lowest BCUT2D eigenvalue weighted by atomic mass is 10.0. The van der Waals surface area contributed by atoms with Crippen LogP contribution in [0.5, 0.6) is 0 Å². The molecule has 0 spiro atoms. The highest BCUT2D eigenvalue weighted by atomic mass is 16.2. The number of pyridine rings is 1. The molecule has 0 saturated carbocycles. The van der Waals surface area contributed by atoms with Crippen molar-refractivity contribution in [3.05, 3.63) is 94.8 Å². The van der Waals surface area contributed by atoms with Crippen LogP contribution in [0, 0.1) is 0 Å². The Balaban J connectivity index is 1.55. The van der Waals surface area contributed by atoms with Crippen molar-refractivity contribution >= 4 is 17.5 Å². The van der Waals surface area contributed by atoms with E-state index in [1.165, 1.54) is 5.56 Å². The van der Waals surface area contributed by atoms with Crippen molar-refractivity contribution in [2.24, 2.45) is 0 Å². The lowest BCUT2D eigenvalue weighted by Gasteiger charge is -2.15. The molecule has 0 fully saturated rings. The average molecular weight is 371 g/mol. The number of hydrogen-bond donors (Lipinski definition) is 1. The zero-order valence-corrected chi connectivity index (χ0v) is 15.7. The molecule has 2 aromatic carbocycles. The summed E-state index contributed by atoms with van der Waals surface area (Å²) in [6.45, 7) is 3.06. The van der Waals surface area contributed by atoms with Crippen LogP contribution in [-0.2, 0) is 19.5 Å². The maximum absolute atomic E-state index is 13.0. The molecular formula is C23H21N3O2. The van der Waals surface area contributed by atoms with E-state index < -0.39 is 0 Å². The Morgan fingerprint density at radius 1 is 1.07 bits per heavy atom. The zero-order valence-electron chi connectivity index (χ0n) is 15.7. The van der Waals surface area contributed by atoms with E-state index in [2.05, 4.69) is 17.2 Å². The van der Waals surface area contributed by atoms with Gasteiger partial charge in [-0.1, -0.05) is 37.3 Å². The zero-order chi connectivity index (χ0) is 19.5. The van der Waals surface area contributed by atoms with Crippen molar-refractivity contribution in [1.29, 1.82) is 0 Å². The molecule has 28 heavy (non-hydrogen) atoms. The monoisotopic (exact) mass is 371 g/mol. The van der Waals surface area contributed by atoms with E-state index in [9.17, 15) is 9.59 Å². The first-order valence-corrected chi connectivity index (χ1v) is 9.36. The van der Waals surface area contributed by atoms with Crippen molar-refractivity contribution in [3.63, 3.8) is 0 Å². The number of nitrogens with zero attached hydrogens (tertiary/aromatic N) is 2. The van der Waals surface area contributed by atoms with Gasteiger partial charge < -0.3 is 10.2 Å². The number of nitrogens with one attached hydrogen (secondary N) is 1. The molecule has 1 aliphatic rings. The van der Waals surface area contributed by atoms with E-state index in [4.69, 9.17) is 0 Å². The van der Waals surface area contributed by atoms with Crippen LogP contribution < -0.4 is 5.32 Å². The molecule has 2 amide bonds. The summed E-state index contributed by atoms with van der Waals surface area (Å²) in [5.74, 6) is -0.386. The van der Waals surface area contributed by atoms with Gasteiger partial charge in [-0.05, 0) is 47.4 Å². The first-order valence-electron chi connectivity index (χ1n) is 9.36. The van der Waals surface area contributed by atoms with E-state index in [1.54, 1.807) is 23.4 Å². The summed E-state index contributed by atoms with van der Waals surface area (Å²) >= 11 is 0. The van der Waals surface area contributed by atoms with E-state index in [0.29, 0.717) is 24.2 Å². The molecule has 0 bridgehead atoms. The van der Waals surface area contributed by atoms with Crippen molar-refractivity contribution in [1.82, 2.24) is 9.88 Å². The van der Waals surface area contributed by atoms with Gasteiger partial charge in [0, 0.05) is 31.2 Å². The van der Waals surface area contributed by atoms with Crippen molar-refractivity contribution < 1.29 is 9.59 Å². The van der Waals surface area contributed by atoms with Gasteiger partial charge >= 0.3 is 0 Å². The standard InChI is InChI=1S/C23H21N3O2/c1-2-16-8-10-19(11-9-16)25-22(27)20-7-3-6-18-15-26(23(28)21(18)20)14-17-5-4-12-24-13-17/h3-13H,2,14-15H2,1H3,(H,25,27). The Hall–Kier alpha value is -3.47. The third-order valence-electron chi connectivity index (χ3n) is 4.97. The summed E-state index contributed by atoms with van der Waals surface area (Å²) < 4.78 is 0. The Bertz CT molecular complexity index is 1010. The molecule has 1 aromatic heterocycles. The molecule has 2 heterocycles. The Morgan fingerprint density at radius 2 is 1.89 bits per heavy atom. The number of anilines is 1. The summed E-state index contributed by atoms with van der Waals surface area (Å²) in [6.07, 6.45) is 4.41. The molecule has 0 atom stereocenters. The van der Waals surface area contributed by atoms with Gasteiger partial charge in [0.1, 0.15) is 0 Å². The molecule has 140 valence electrons. The highest BCUT2D eigenvalue weighted by molar-refractivity contribution is 6.13. The summed E-state index contributed by atoms with van der Waals surface area (Å²) in [5, 5.41) is 2.90. The predicted octanol–water partition coefficient (Wildman–Crippen LogP) is 4.05. The van der Waals surface area contributed by atoms with E-state index in [1.807, 2.05) is 48.5 Å². The second-order valence-corrected chi connectivity index (χ2v) is 6.87. The predicted molar refractivity (Wildman–Crippen MR) is 108 cm³/mol. The highest BCUT2D eigenvalue weighted by Crippen LogP contribution is 2.28. The largest absolute Gasteiger partial charge is 0.330 e. The molecule has 0 saturated heterocycles. The van der Waals surface area contributed by atoms with E-state index in [-0.39, 0.29) is 11.8 Å². The summed E-state index contributed by atoms with van der Waals surface area (Å²) in [6, 6.07) is 17.0. The van der Waals surface area contributed by atoms with Crippen LogP contribution in [0.2, 0.25) is 0 Å². The van der Waals surface area contributed by atoms with Crippen LogP contribution in [0.15, 0.2) is 67.0 Å². The van der Waals surface area contributed by atoms with Crippen LogP contribution in [-0.4, -0.2) is 21.7 Å². The number of aryl methyl sites for hydroxylation is 1. The fourth-order valence-corrected chi connectivity index (χ4v) is 3.47. The van der Waals surface area contributed by atoms with Gasteiger partial charge in [-0.15, -0.1) is 0 Å². The van der Waals surface area contributed by atoms with Crippen LogP contribution in [0.25, 0.3) is 0 Å². The lowest BCUT2D eigenvalue weighted by Crippen LogP contribution is -2.25. The normalized spacial score (nSPS) is 12.8. The molecule has 5 heteroatoms. The minimum absolute atomic E-state index is 0.120. The fourth-order valence-electron chi connectivity index (χ4n) is 3.47. The topological polar surface area (TPSA) is 62.3 Å². The summed E-state index contributed by atoms with van der Waals surface area (Å²) in [5.41, 5.74) is 4.68. The number of aromatic nitrogens is 1. The molecule has 1 aliphatic heterocycles. The maximum atomic E-state index is 13.0. The molecule has 1 N–H and O–H groups in total. The Labute approximate surface area is 164 Å². The van der Waals surface area contributed by atoms with Gasteiger partial charge in [-0.25, -0.2) is 0 Å². The number of amides is 2. The number of carbonyl (C=O) groups excluding carboxylic acids is 2. The second kappa shape index (κ2) is 7.64. The third kappa shape index (κ3) is 3.51. The van der Waals surface area contributed by atoms with Crippen LogP contribution in [0.4, 0.5) is 5.69 Å². The summed E-state index contributed by atoms with van der Waals surface area (Å²) in [4.78, 5) is 31.7. The van der Waals surface area contributed by atoms with Crippen LogP contribution in [0.3, 0.4) is 0 Å². The SMILES string of the molecule is CCc1ccc(NC(=O)c2cccc3c2C(=O)N(Cc2cccnc2)C3)cc1. The first kappa shape index (κ1) is 17.9. The Kier molecular flexibility index (Phi) is 4.89. The Morgan fingerprint density at radius 3 is 2.61 bits per heavy atom. The number of benzene rings is 2. The van der Waals surface area contributed by atoms with E-state index >= 15 is 0 Å². The number of carbonyl (C=O) groups is 2. The maximum Gasteiger partial charge on any atom is 0.256 e. The smallest absolute Gasteiger partial charge is 0.256 e. The number of rotatable bonds is 5. The molecular weight excluding hydrogens is 350 g/mol. The minimum Gasteiger partial charge on any atom is -0.330 e. The fraction of sp³-hybridized carbons (Fsp3) is 0.174. The van der Waals surface area contributed by atoms with E-state index in [0.717, 1.165) is 23.2 Å². The van der Waals surface area contributed by atoms with Crippen LogP contribution in [0.1, 0.15) is 44.3 Å². The quantitative estimate of drug-likeness (QED) is 0.736. The molecule has 4 rings (SSSR count). The summed E-state index contributed by atoms with van der Waals surface area (Å²) in [7, 11) is 0. The third-order valence-corrected chi connectivity index (χ3v) is 4.97. The molecule has 5 nitrogen and oxygen atoms in total. The van der Waals surface area contributed by atoms with Gasteiger partial charge in [0.15, 0.2) is 0 Å². The van der Waals surface area contributed by atoms with Gasteiger partial charge in [-0.2, -0.15) is 0 Å². The second-order valence-electron chi connectivity index (χ2n) is 6.87. The van der Waals surface area contributed by atoms with Crippen LogP contribution >= 0.6 is 0 Å². The highest BCUT2D eigenvalue weighted by Gasteiger charge is 2.31. The first-order chi connectivity index (χ1) is 13.7. The molecule has 0 radical (unpaired) electrons. The molecule has 0 aliphatic carbocycles. The van der Waals surface area contributed by atoms with Gasteiger partial charge in [0.2, 0.25) is 0 Å². The molecule has 3 aromatic rings. The van der Waals surface area contributed by atoms with Crippen molar-refractivity contribution in [2.45, 2.75) is 26.4 Å². The van der Waals surface area contributed by atoms with Crippen molar-refractivity contribution in [2.75, 3.05) is 5.32 Å². The number of hydrogen-bond acceptors (Lipinski definition) is 3. The number of fused-ring (bicyclic) bond motifs is 1.